The molecule has 3 N–H and O–H groups in total. The number of rotatable bonds is 2. The number of aryl methyl sites for hydroxylation is 1. The van der Waals surface area contributed by atoms with Crippen LogP contribution in [0.1, 0.15) is 62.6 Å². The highest BCUT2D eigenvalue weighted by atomic mass is 32.2. The van der Waals surface area contributed by atoms with Crippen molar-refractivity contribution in [2.45, 2.75) is 69.1 Å². The molecule has 6 heteroatoms. The SMILES string of the molecule is NS(=O)(=O)c1ccccc1-c1n[nH]c2c1CCCCCCCCCC2. The van der Waals surface area contributed by atoms with Crippen molar-refractivity contribution in [2.24, 2.45) is 5.14 Å². The summed E-state index contributed by atoms with van der Waals surface area (Å²) in [5, 5.41) is 13.1. The molecule has 1 aromatic heterocycles. The number of nitrogens with zero attached hydrogens (tertiary/aromatic N) is 1. The number of benzene rings is 1. The maximum Gasteiger partial charge on any atom is 0.238 e. The number of sulfonamides is 1. The molecule has 136 valence electrons. The van der Waals surface area contributed by atoms with Crippen LogP contribution in [0, 0.1) is 0 Å². The second-order valence-corrected chi connectivity index (χ2v) is 8.43. The Bertz CT molecular complexity index is 812. The van der Waals surface area contributed by atoms with Gasteiger partial charge in [0.15, 0.2) is 0 Å². The van der Waals surface area contributed by atoms with Crippen LogP contribution < -0.4 is 5.14 Å². The first-order valence-electron chi connectivity index (χ1n) is 9.25. The minimum atomic E-state index is -3.78. The summed E-state index contributed by atoms with van der Waals surface area (Å²) in [5.74, 6) is 0. The highest BCUT2D eigenvalue weighted by molar-refractivity contribution is 7.89. The standard InChI is InChI=1S/C19H27N3O2S/c20-25(23,24)18-14-10-9-12-16(18)19-15-11-7-5-3-1-2-4-6-8-13-17(15)21-22-19/h9-10,12,14H,1-8,11,13H2,(H,21,22)(H2,20,23,24). The second kappa shape index (κ2) is 8.15. The lowest BCUT2D eigenvalue weighted by Crippen LogP contribution is -2.13. The zero-order valence-corrected chi connectivity index (χ0v) is 15.4. The third kappa shape index (κ3) is 4.50. The topological polar surface area (TPSA) is 88.8 Å². The van der Waals surface area contributed by atoms with E-state index >= 15 is 0 Å². The van der Waals surface area contributed by atoms with Crippen LogP contribution in [0.5, 0.6) is 0 Å². The Morgan fingerprint density at radius 1 is 0.880 bits per heavy atom. The maximum absolute atomic E-state index is 12.0. The summed E-state index contributed by atoms with van der Waals surface area (Å²) in [5.41, 5.74) is 3.67. The first-order chi connectivity index (χ1) is 12.1. The van der Waals surface area contributed by atoms with Crippen molar-refractivity contribution in [1.29, 1.82) is 0 Å². The van der Waals surface area contributed by atoms with Crippen molar-refractivity contribution in [3.63, 3.8) is 0 Å². The van der Waals surface area contributed by atoms with Crippen LogP contribution in [-0.2, 0) is 22.9 Å². The number of primary sulfonamides is 1. The molecular formula is C19H27N3O2S. The van der Waals surface area contributed by atoms with Gasteiger partial charge in [0.2, 0.25) is 10.0 Å². The van der Waals surface area contributed by atoms with Gasteiger partial charge in [-0.15, -0.1) is 0 Å². The molecule has 0 saturated heterocycles. The molecule has 0 unspecified atom stereocenters. The molecule has 0 bridgehead atoms. The molecule has 0 atom stereocenters. The van der Waals surface area contributed by atoms with Gasteiger partial charge in [0.05, 0.1) is 10.6 Å². The number of aromatic nitrogens is 2. The van der Waals surface area contributed by atoms with E-state index in [4.69, 9.17) is 5.14 Å². The van der Waals surface area contributed by atoms with E-state index in [9.17, 15) is 8.42 Å². The first kappa shape index (κ1) is 18.1. The molecule has 0 amide bonds. The summed E-state index contributed by atoms with van der Waals surface area (Å²) in [6.07, 6.45) is 11.8. The first-order valence-corrected chi connectivity index (χ1v) is 10.8. The van der Waals surface area contributed by atoms with Gasteiger partial charge in [-0.25, -0.2) is 13.6 Å². The average molecular weight is 362 g/mol. The Morgan fingerprint density at radius 2 is 1.48 bits per heavy atom. The van der Waals surface area contributed by atoms with Gasteiger partial charge >= 0.3 is 0 Å². The van der Waals surface area contributed by atoms with Crippen molar-refractivity contribution < 1.29 is 8.42 Å². The lowest BCUT2D eigenvalue weighted by molar-refractivity contribution is 0.558. The number of hydrogen-bond donors (Lipinski definition) is 2. The smallest absolute Gasteiger partial charge is 0.238 e. The van der Waals surface area contributed by atoms with E-state index in [0.717, 1.165) is 42.6 Å². The van der Waals surface area contributed by atoms with E-state index in [1.54, 1.807) is 18.2 Å². The Hall–Kier alpha value is -1.66. The van der Waals surface area contributed by atoms with Gasteiger partial charge in [-0.3, -0.25) is 5.10 Å². The van der Waals surface area contributed by atoms with E-state index in [-0.39, 0.29) is 4.90 Å². The molecule has 0 aliphatic heterocycles. The summed E-state index contributed by atoms with van der Waals surface area (Å²) in [7, 11) is -3.78. The van der Waals surface area contributed by atoms with E-state index in [0.29, 0.717) is 5.56 Å². The second-order valence-electron chi connectivity index (χ2n) is 6.90. The van der Waals surface area contributed by atoms with Crippen molar-refractivity contribution >= 4 is 10.0 Å². The predicted octanol–water partition coefficient (Wildman–Crippen LogP) is 3.94. The zero-order chi connectivity index (χ0) is 17.7. The van der Waals surface area contributed by atoms with Crippen LogP contribution in [0.3, 0.4) is 0 Å². The summed E-state index contributed by atoms with van der Waals surface area (Å²) in [6, 6.07) is 6.89. The number of H-pyrrole nitrogens is 1. The molecule has 1 aliphatic rings. The Balaban J connectivity index is 1.99. The average Bonchev–Trinajstić information content (AvgIpc) is 2.96. The summed E-state index contributed by atoms with van der Waals surface area (Å²) >= 11 is 0. The third-order valence-corrected chi connectivity index (χ3v) is 5.97. The van der Waals surface area contributed by atoms with Gasteiger partial charge < -0.3 is 0 Å². The van der Waals surface area contributed by atoms with Crippen molar-refractivity contribution in [1.82, 2.24) is 10.2 Å². The van der Waals surface area contributed by atoms with Crippen LogP contribution in [0.2, 0.25) is 0 Å². The van der Waals surface area contributed by atoms with Gasteiger partial charge in [0.25, 0.3) is 0 Å². The zero-order valence-electron chi connectivity index (χ0n) is 14.6. The van der Waals surface area contributed by atoms with Crippen LogP contribution in [0.4, 0.5) is 0 Å². The van der Waals surface area contributed by atoms with E-state index < -0.39 is 10.0 Å². The molecule has 0 spiro atoms. The summed E-state index contributed by atoms with van der Waals surface area (Å²) in [4.78, 5) is 0.149. The molecule has 1 heterocycles. The lowest BCUT2D eigenvalue weighted by atomic mass is 9.96. The lowest BCUT2D eigenvalue weighted by Gasteiger charge is -2.10. The van der Waals surface area contributed by atoms with Gasteiger partial charge in [-0.05, 0) is 31.7 Å². The van der Waals surface area contributed by atoms with Crippen LogP contribution >= 0.6 is 0 Å². The summed E-state index contributed by atoms with van der Waals surface area (Å²) in [6.45, 7) is 0. The van der Waals surface area contributed by atoms with Gasteiger partial charge in [-0.1, -0.05) is 56.7 Å². The van der Waals surface area contributed by atoms with Crippen molar-refractivity contribution in [2.75, 3.05) is 0 Å². The molecular weight excluding hydrogens is 334 g/mol. The quantitative estimate of drug-likeness (QED) is 0.849. The number of aromatic amines is 1. The molecule has 25 heavy (non-hydrogen) atoms. The Labute approximate surface area is 150 Å². The van der Waals surface area contributed by atoms with Gasteiger partial charge in [0.1, 0.15) is 0 Å². The highest BCUT2D eigenvalue weighted by Crippen LogP contribution is 2.31. The highest BCUT2D eigenvalue weighted by Gasteiger charge is 2.21. The van der Waals surface area contributed by atoms with E-state index in [2.05, 4.69) is 10.2 Å². The maximum atomic E-state index is 12.0. The number of hydrogen-bond acceptors (Lipinski definition) is 3. The third-order valence-electron chi connectivity index (χ3n) is 5.01. The number of fused-ring (bicyclic) bond motifs is 1. The largest absolute Gasteiger partial charge is 0.282 e. The van der Waals surface area contributed by atoms with E-state index in [1.807, 2.05) is 6.07 Å². The molecule has 1 aliphatic carbocycles. The monoisotopic (exact) mass is 361 g/mol. The van der Waals surface area contributed by atoms with E-state index in [1.165, 1.54) is 38.5 Å². The normalized spacial score (nSPS) is 17.3. The van der Waals surface area contributed by atoms with Crippen LogP contribution in [0.25, 0.3) is 11.3 Å². The minimum absolute atomic E-state index is 0.149. The Morgan fingerprint density at radius 3 is 2.16 bits per heavy atom. The fourth-order valence-electron chi connectivity index (χ4n) is 3.67. The van der Waals surface area contributed by atoms with Crippen molar-refractivity contribution in [3.8, 4) is 11.3 Å². The van der Waals surface area contributed by atoms with Crippen molar-refractivity contribution in [3.05, 3.63) is 35.5 Å². The number of nitrogens with two attached hydrogens (primary N) is 1. The molecule has 1 aromatic carbocycles. The fourth-order valence-corrected chi connectivity index (χ4v) is 4.41. The van der Waals surface area contributed by atoms with Gasteiger partial charge in [0, 0.05) is 16.8 Å². The van der Waals surface area contributed by atoms with Gasteiger partial charge in [-0.2, -0.15) is 5.10 Å². The minimum Gasteiger partial charge on any atom is -0.282 e. The molecule has 3 rings (SSSR count). The molecule has 0 radical (unpaired) electrons. The molecule has 5 nitrogen and oxygen atoms in total. The molecule has 2 aromatic rings. The molecule has 0 fully saturated rings. The number of nitrogens with one attached hydrogen (secondary N) is 1. The Kier molecular flexibility index (Phi) is 5.91. The summed E-state index contributed by atoms with van der Waals surface area (Å²) < 4.78 is 23.9. The molecule has 0 saturated carbocycles. The van der Waals surface area contributed by atoms with Crippen LogP contribution in [-0.4, -0.2) is 18.6 Å². The predicted molar refractivity (Wildman–Crippen MR) is 99.7 cm³/mol. The fraction of sp³-hybridized carbons (Fsp3) is 0.526. The van der Waals surface area contributed by atoms with Crippen LogP contribution in [0.15, 0.2) is 29.2 Å².